The molecule has 0 bridgehead atoms. The van der Waals surface area contributed by atoms with Gasteiger partial charge in [0.1, 0.15) is 5.01 Å². The average Bonchev–Trinajstić information content (AvgIpc) is 3.16. The zero-order valence-corrected chi connectivity index (χ0v) is 13.1. The van der Waals surface area contributed by atoms with E-state index >= 15 is 0 Å². The van der Waals surface area contributed by atoms with E-state index in [1.165, 1.54) is 11.3 Å². The average molecular weight is 314 g/mol. The Kier molecular flexibility index (Phi) is 4.13. The maximum absolute atomic E-state index is 12.0. The molecule has 0 saturated carbocycles. The third-order valence-corrected chi connectivity index (χ3v) is 4.91. The molecule has 0 aliphatic rings. The van der Waals surface area contributed by atoms with Crippen LogP contribution in [-0.4, -0.2) is 10.9 Å². The zero-order valence-electron chi connectivity index (χ0n) is 11.5. The van der Waals surface area contributed by atoms with Crippen molar-refractivity contribution in [2.24, 2.45) is 0 Å². The van der Waals surface area contributed by atoms with Gasteiger partial charge >= 0.3 is 0 Å². The van der Waals surface area contributed by atoms with E-state index in [-0.39, 0.29) is 5.91 Å². The molecule has 1 amide bonds. The van der Waals surface area contributed by atoms with Crippen molar-refractivity contribution in [1.29, 1.82) is 0 Å². The largest absolute Gasteiger partial charge is 0.347 e. The summed E-state index contributed by atoms with van der Waals surface area (Å²) in [6.07, 6.45) is 0. The summed E-state index contributed by atoms with van der Waals surface area (Å²) in [6.45, 7) is 2.49. The van der Waals surface area contributed by atoms with Crippen LogP contribution < -0.4 is 5.32 Å². The Balaban J connectivity index is 1.78. The van der Waals surface area contributed by atoms with Gasteiger partial charge in [-0.15, -0.1) is 22.7 Å². The van der Waals surface area contributed by atoms with Crippen LogP contribution in [0.5, 0.6) is 0 Å². The van der Waals surface area contributed by atoms with Gasteiger partial charge in [0, 0.05) is 23.2 Å². The first-order valence-corrected chi connectivity index (χ1v) is 8.32. The first kappa shape index (κ1) is 14.0. The number of amides is 1. The molecule has 0 radical (unpaired) electrons. The monoisotopic (exact) mass is 314 g/mol. The molecule has 0 fully saturated rings. The summed E-state index contributed by atoms with van der Waals surface area (Å²) in [7, 11) is 0. The van der Waals surface area contributed by atoms with Crippen molar-refractivity contribution < 1.29 is 4.79 Å². The number of nitrogens with one attached hydrogen (secondary N) is 1. The van der Waals surface area contributed by atoms with Crippen LogP contribution in [0.4, 0.5) is 0 Å². The second-order valence-corrected chi connectivity index (χ2v) is 6.42. The molecule has 3 nitrogen and oxygen atoms in total. The number of carbonyl (C=O) groups is 1. The van der Waals surface area contributed by atoms with Crippen molar-refractivity contribution in [2.45, 2.75) is 13.5 Å². The minimum absolute atomic E-state index is 0.0323. The molecule has 106 valence electrons. The number of nitrogens with zero attached hydrogens (tertiary/aromatic N) is 1. The van der Waals surface area contributed by atoms with Gasteiger partial charge in [-0.1, -0.05) is 30.3 Å². The van der Waals surface area contributed by atoms with Crippen LogP contribution in [0.2, 0.25) is 0 Å². The molecule has 1 aromatic carbocycles. The highest BCUT2D eigenvalue weighted by Gasteiger charge is 2.10. The lowest BCUT2D eigenvalue weighted by atomic mass is 10.1. The van der Waals surface area contributed by atoms with E-state index in [1.54, 1.807) is 11.3 Å². The first-order valence-electron chi connectivity index (χ1n) is 6.56. The summed E-state index contributed by atoms with van der Waals surface area (Å²) in [5.41, 5.74) is 3.19. The number of thiazole rings is 1. The maximum Gasteiger partial charge on any atom is 0.261 e. The number of benzene rings is 1. The molecule has 2 heterocycles. The standard InChI is InChI=1S/C16H14N2OS2/c1-11-10-21-16(18-11)13-6-3-2-5-12(13)9-17-15(19)14-7-4-8-20-14/h2-8,10H,9H2,1H3,(H,17,19). The van der Waals surface area contributed by atoms with E-state index in [0.717, 1.165) is 26.7 Å². The topological polar surface area (TPSA) is 42.0 Å². The Morgan fingerprint density at radius 2 is 2.05 bits per heavy atom. The van der Waals surface area contributed by atoms with Crippen LogP contribution in [0.15, 0.2) is 47.2 Å². The van der Waals surface area contributed by atoms with Gasteiger partial charge in [-0.05, 0) is 23.9 Å². The second kappa shape index (κ2) is 6.20. The van der Waals surface area contributed by atoms with Crippen molar-refractivity contribution in [1.82, 2.24) is 10.3 Å². The van der Waals surface area contributed by atoms with Gasteiger partial charge in [0.2, 0.25) is 0 Å². The van der Waals surface area contributed by atoms with Gasteiger partial charge in [0.15, 0.2) is 0 Å². The molecule has 3 rings (SSSR count). The van der Waals surface area contributed by atoms with Crippen LogP contribution in [0.25, 0.3) is 10.6 Å². The lowest BCUT2D eigenvalue weighted by Crippen LogP contribution is -2.22. The highest BCUT2D eigenvalue weighted by atomic mass is 32.1. The first-order chi connectivity index (χ1) is 10.2. The van der Waals surface area contributed by atoms with Gasteiger partial charge in [0.05, 0.1) is 4.88 Å². The van der Waals surface area contributed by atoms with Gasteiger partial charge < -0.3 is 5.32 Å². The van der Waals surface area contributed by atoms with E-state index in [1.807, 2.05) is 54.1 Å². The van der Waals surface area contributed by atoms with Crippen LogP contribution in [-0.2, 0) is 6.54 Å². The fourth-order valence-electron chi connectivity index (χ4n) is 2.03. The second-order valence-electron chi connectivity index (χ2n) is 4.61. The summed E-state index contributed by atoms with van der Waals surface area (Å²) in [5, 5.41) is 7.90. The van der Waals surface area contributed by atoms with Gasteiger partial charge in [-0.25, -0.2) is 4.98 Å². The molecule has 0 aliphatic heterocycles. The zero-order chi connectivity index (χ0) is 14.7. The molecule has 1 N–H and O–H groups in total. The van der Waals surface area contributed by atoms with Gasteiger partial charge in [-0.3, -0.25) is 4.79 Å². The number of hydrogen-bond acceptors (Lipinski definition) is 4. The summed E-state index contributed by atoms with van der Waals surface area (Å²) >= 11 is 3.07. The number of thiophene rings is 1. The van der Waals surface area contributed by atoms with Crippen molar-refractivity contribution in [3.63, 3.8) is 0 Å². The van der Waals surface area contributed by atoms with Crippen LogP contribution >= 0.6 is 22.7 Å². The van der Waals surface area contributed by atoms with Crippen LogP contribution in [0.1, 0.15) is 20.9 Å². The Bertz CT molecular complexity index is 747. The highest BCUT2D eigenvalue weighted by molar-refractivity contribution is 7.13. The predicted molar refractivity (Wildman–Crippen MR) is 87.8 cm³/mol. The molecule has 0 aliphatic carbocycles. The minimum Gasteiger partial charge on any atom is -0.347 e. The quantitative estimate of drug-likeness (QED) is 0.787. The van der Waals surface area contributed by atoms with Gasteiger partial charge in [0.25, 0.3) is 5.91 Å². The third-order valence-electron chi connectivity index (χ3n) is 3.05. The lowest BCUT2D eigenvalue weighted by molar-refractivity contribution is 0.0955. The van der Waals surface area contributed by atoms with Crippen LogP contribution in [0, 0.1) is 6.92 Å². The molecule has 0 atom stereocenters. The number of aryl methyl sites for hydroxylation is 1. The third kappa shape index (κ3) is 3.20. The predicted octanol–water partition coefficient (Wildman–Crippen LogP) is 4.11. The maximum atomic E-state index is 12.0. The molecule has 0 saturated heterocycles. The van der Waals surface area contributed by atoms with Gasteiger partial charge in [-0.2, -0.15) is 0 Å². The van der Waals surface area contributed by atoms with Crippen molar-refractivity contribution in [3.05, 3.63) is 63.3 Å². The molecular formula is C16H14N2OS2. The fourth-order valence-corrected chi connectivity index (χ4v) is 3.53. The van der Waals surface area contributed by atoms with E-state index in [2.05, 4.69) is 10.3 Å². The minimum atomic E-state index is -0.0323. The van der Waals surface area contributed by atoms with Crippen molar-refractivity contribution in [3.8, 4) is 10.6 Å². The number of hydrogen-bond donors (Lipinski definition) is 1. The molecular weight excluding hydrogens is 300 g/mol. The van der Waals surface area contributed by atoms with Crippen molar-refractivity contribution in [2.75, 3.05) is 0 Å². The molecule has 0 unspecified atom stereocenters. The van der Waals surface area contributed by atoms with Crippen LogP contribution in [0.3, 0.4) is 0 Å². The summed E-state index contributed by atoms with van der Waals surface area (Å²) < 4.78 is 0. The smallest absolute Gasteiger partial charge is 0.261 e. The Labute approximate surface area is 131 Å². The van der Waals surface area contributed by atoms with Crippen molar-refractivity contribution >= 4 is 28.6 Å². The Hall–Kier alpha value is -1.98. The number of rotatable bonds is 4. The van der Waals surface area contributed by atoms with E-state index in [9.17, 15) is 4.79 Å². The Morgan fingerprint density at radius 1 is 1.19 bits per heavy atom. The molecule has 5 heteroatoms. The SMILES string of the molecule is Cc1csc(-c2ccccc2CNC(=O)c2cccs2)n1. The summed E-state index contributed by atoms with van der Waals surface area (Å²) in [5.74, 6) is -0.0323. The fraction of sp³-hybridized carbons (Fsp3) is 0.125. The number of carbonyl (C=O) groups excluding carboxylic acids is 1. The number of aromatic nitrogens is 1. The normalized spacial score (nSPS) is 10.5. The summed E-state index contributed by atoms with van der Waals surface area (Å²) in [6, 6.07) is 11.8. The molecule has 2 aromatic heterocycles. The molecule has 0 spiro atoms. The van der Waals surface area contributed by atoms with E-state index in [4.69, 9.17) is 0 Å². The molecule has 21 heavy (non-hydrogen) atoms. The lowest BCUT2D eigenvalue weighted by Gasteiger charge is -2.08. The Morgan fingerprint density at radius 3 is 2.76 bits per heavy atom. The summed E-state index contributed by atoms with van der Waals surface area (Å²) in [4.78, 5) is 17.3. The molecule has 3 aromatic rings. The van der Waals surface area contributed by atoms with E-state index < -0.39 is 0 Å². The highest BCUT2D eigenvalue weighted by Crippen LogP contribution is 2.26. The van der Waals surface area contributed by atoms with E-state index in [0.29, 0.717) is 6.54 Å².